The first kappa shape index (κ1) is 17.5. The molecule has 136 valence electrons. The number of primary amides is 1. The second kappa shape index (κ2) is 6.21. The van der Waals surface area contributed by atoms with Crippen LogP contribution in [-0.2, 0) is 11.0 Å². The maximum Gasteiger partial charge on any atom is 0.420 e. The SMILES string of the molecule is CC(NC(=O)c1cn2cc(-c3ccoc3)cc(C(F)(F)F)c2n1)C(N)=O. The van der Waals surface area contributed by atoms with E-state index in [1.54, 1.807) is 0 Å². The van der Waals surface area contributed by atoms with Crippen LogP contribution < -0.4 is 11.1 Å². The van der Waals surface area contributed by atoms with Gasteiger partial charge in [0.15, 0.2) is 0 Å². The molecule has 0 saturated heterocycles. The molecule has 3 aromatic rings. The average Bonchev–Trinajstić information content (AvgIpc) is 3.21. The number of fused-ring (bicyclic) bond motifs is 1. The van der Waals surface area contributed by atoms with Crippen LogP contribution in [0.1, 0.15) is 23.0 Å². The number of aromatic nitrogens is 2. The highest BCUT2D eigenvalue weighted by Gasteiger charge is 2.35. The summed E-state index contributed by atoms with van der Waals surface area (Å²) in [6.45, 7) is 1.36. The molecule has 0 aliphatic heterocycles. The Kier molecular flexibility index (Phi) is 4.18. The Morgan fingerprint density at radius 2 is 2.04 bits per heavy atom. The molecule has 3 heterocycles. The lowest BCUT2D eigenvalue weighted by atomic mass is 10.1. The number of carbonyl (C=O) groups is 2. The first-order chi connectivity index (χ1) is 12.2. The van der Waals surface area contributed by atoms with Crippen LogP contribution in [0.3, 0.4) is 0 Å². The lowest BCUT2D eigenvalue weighted by Crippen LogP contribution is -2.42. The molecule has 7 nitrogen and oxygen atoms in total. The molecule has 3 N–H and O–H groups in total. The molecule has 0 aromatic carbocycles. The highest BCUT2D eigenvalue weighted by atomic mass is 19.4. The summed E-state index contributed by atoms with van der Waals surface area (Å²) in [5, 5.41) is 2.27. The number of nitrogens with two attached hydrogens (primary N) is 1. The smallest absolute Gasteiger partial charge is 0.420 e. The van der Waals surface area contributed by atoms with Gasteiger partial charge in [-0.25, -0.2) is 4.98 Å². The van der Waals surface area contributed by atoms with E-state index in [1.165, 1.54) is 31.7 Å². The van der Waals surface area contributed by atoms with E-state index in [-0.39, 0.29) is 11.3 Å². The van der Waals surface area contributed by atoms with Crippen LogP contribution in [0.2, 0.25) is 0 Å². The van der Waals surface area contributed by atoms with Crippen molar-refractivity contribution in [1.82, 2.24) is 14.7 Å². The molecule has 0 radical (unpaired) electrons. The van der Waals surface area contributed by atoms with E-state index in [0.717, 1.165) is 16.7 Å². The van der Waals surface area contributed by atoms with Crippen molar-refractivity contribution < 1.29 is 27.2 Å². The van der Waals surface area contributed by atoms with Gasteiger partial charge in [-0.15, -0.1) is 0 Å². The fourth-order valence-corrected chi connectivity index (χ4v) is 2.34. The number of hydrogen-bond acceptors (Lipinski definition) is 4. The number of furan rings is 1. The summed E-state index contributed by atoms with van der Waals surface area (Å²) in [7, 11) is 0. The van der Waals surface area contributed by atoms with E-state index in [2.05, 4.69) is 10.3 Å². The number of rotatable bonds is 4. The quantitative estimate of drug-likeness (QED) is 0.739. The third-order valence-electron chi connectivity index (χ3n) is 3.72. The van der Waals surface area contributed by atoms with Gasteiger partial charge in [0, 0.05) is 23.5 Å². The first-order valence-electron chi connectivity index (χ1n) is 7.39. The van der Waals surface area contributed by atoms with Crippen molar-refractivity contribution in [2.75, 3.05) is 0 Å². The average molecular weight is 366 g/mol. The number of hydrogen-bond donors (Lipinski definition) is 2. The number of halogens is 3. The van der Waals surface area contributed by atoms with Crippen LogP contribution >= 0.6 is 0 Å². The molecule has 0 spiro atoms. The van der Waals surface area contributed by atoms with Gasteiger partial charge in [0.25, 0.3) is 5.91 Å². The molecule has 0 aliphatic carbocycles. The van der Waals surface area contributed by atoms with E-state index < -0.39 is 35.2 Å². The number of nitrogens with zero attached hydrogens (tertiary/aromatic N) is 2. The topological polar surface area (TPSA) is 103 Å². The molecule has 3 aromatic heterocycles. The number of alkyl halides is 3. The van der Waals surface area contributed by atoms with Gasteiger partial charge in [0.1, 0.15) is 17.4 Å². The van der Waals surface area contributed by atoms with E-state index in [0.29, 0.717) is 5.56 Å². The van der Waals surface area contributed by atoms with Crippen molar-refractivity contribution in [2.24, 2.45) is 5.73 Å². The second-order valence-electron chi connectivity index (χ2n) is 5.61. The van der Waals surface area contributed by atoms with Crippen molar-refractivity contribution >= 4 is 17.5 Å². The Balaban J connectivity index is 2.10. The zero-order valence-electron chi connectivity index (χ0n) is 13.4. The minimum atomic E-state index is -4.68. The molecule has 0 aliphatic rings. The molecule has 0 bridgehead atoms. The van der Waals surface area contributed by atoms with Crippen LogP contribution in [0.5, 0.6) is 0 Å². The monoisotopic (exact) mass is 366 g/mol. The van der Waals surface area contributed by atoms with Gasteiger partial charge >= 0.3 is 6.18 Å². The van der Waals surface area contributed by atoms with E-state index in [9.17, 15) is 22.8 Å². The number of nitrogens with one attached hydrogen (secondary N) is 1. The molecular formula is C16H13F3N4O3. The van der Waals surface area contributed by atoms with Crippen LogP contribution in [0.25, 0.3) is 16.8 Å². The summed E-state index contributed by atoms with van der Waals surface area (Å²) in [5.41, 5.74) is 4.04. The van der Waals surface area contributed by atoms with Gasteiger partial charge in [0.05, 0.1) is 18.1 Å². The molecular weight excluding hydrogens is 353 g/mol. The van der Waals surface area contributed by atoms with Gasteiger partial charge in [0.2, 0.25) is 5.91 Å². The maximum absolute atomic E-state index is 13.4. The number of carbonyl (C=O) groups excluding carboxylic acids is 2. The Bertz CT molecular complexity index is 977. The van der Waals surface area contributed by atoms with Crippen molar-refractivity contribution in [3.05, 3.63) is 48.3 Å². The molecule has 1 atom stereocenters. The molecule has 26 heavy (non-hydrogen) atoms. The first-order valence-corrected chi connectivity index (χ1v) is 7.39. The predicted octanol–water partition coefficient (Wildman–Crippen LogP) is 2.22. The predicted molar refractivity (Wildman–Crippen MR) is 84.0 cm³/mol. The second-order valence-corrected chi connectivity index (χ2v) is 5.61. The summed E-state index contributed by atoms with van der Waals surface area (Å²) < 4.78 is 46.3. The summed E-state index contributed by atoms with van der Waals surface area (Å²) in [5.74, 6) is -1.58. The van der Waals surface area contributed by atoms with Gasteiger partial charge in [-0.05, 0) is 19.1 Å². The normalized spacial score (nSPS) is 12.9. The zero-order chi connectivity index (χ0) is 19.1. The van der Waals surface area contributed by atoms with Crippen molar-refractivity contribution in [3.63, 3.8) is 0 Å². The fourth-order valence-electron chi connectivity index (χ4n) is 2.34. The van der Waals surface area contributed by atoms with E-state index in [4.69, 9.17) is 10.2 Å². The van der Waals surface area contributed by atoms with E-state index >= 15 is 0 Å². The Morgan fingerprint density at radius 1 is 1.31 bits per heavy atom. The third-order valence-corrected chi connectivity index (χ3v) is 3.72. The molecule has 10 heteroatoms. The Hall–Kier alpha value is -3.30. The highest BCUT2D eigenvalue weighted by Crippen LogP contribution is 2.35. The number of amides is 2. The lowest BCUT2D eigenvalue weighted by Gasteiger charge is -2.10. The molecule has 2 amide bonds. The lowest BCUT2D eigenvalue weighted by molar-refractivity contribution is -0.136. The summed E-state index contributed by atoms with van der Waals surface area (Å²) in [6, 6.07) is 1.46. The molecule has 0 saturated carbocycles. The fraction of sp³-hybridized carbons (Fsp3) is 0.188. The molecule has 3 rings (SSSR count). The van der Waals surface area contributed by atoms with Gasteiger partial charge < -0.3 is 19.9 Å². The third kappa shape index (κ3) is 3.25. The Morgan fingerprint density at radius 3 is 2.62 bits per heavy atom. The van der Waals surface area contributed by atoms with Crippen LogP contribution in [-0.4, -0.2) is 27.2 Å². The summed E-state index contributed by atoms with van der Waals surface area (Å²) in [6.07, 6.45) is 0.514. The standard InChI is InChI=1S/C16H13F3N4O3/c1-8(13(20)24)21-15(25)12-6-23-5-10(9-2-3-26-7-9)4-11(14(23)22-12)16(17,18)19/h2-8H,1H3,(H2,20,24)(H,21,25). The van der Waals surface area contributed by atoms with Gasteiger partial charge in [-0.2, -0.15) is 13.2 Å². The number of imidazole rings is 1. The molecule has 1 unspecified atom stereocenters. The van der Waals surface area contributed by atoms with Crippen LogP contribution in [0.4, 0.5) is 13.2 Å². The maximum atomic E-state index is 13.4. The summed E-state index contributed by atoms with van der Waals surface area (Å²) >= 11 is 0. The summed E-state index contributed by atoms with van der Waals surface area (Å²) in [4.78, 5) is 26.9. The van der Waals surface area contributed by atoms with Gasteiger partial charge in [-0.1, -0.05) is 0 Å². The highest BCUT2D eigenvalue weighted by molar-refractivity contribution is 5.96. The van der Waals surface area contributed by atoms with Crippen molar-refractivity contribution in [2.45, 2.75) is 19.1 Å². The minimum absolute atomic E-state index is 0.244. The number of pyridine rings is 1. The zero-order valence-corrected chi connectivity index (χ0v) is 13.4. The largest absolute Gasteiger partial charge is 0.472 e. The van der Waals surface area contributed by atoms with Crippen molar-refractivity contribution in [3.8, 4) is 11.1 Å². The van der Waals surface area contributed by atoms with Crippen molar-refractivity contribution in [1.29, 1.82) is 0 Å². The molecule has 0 fully saturated rings. The van der Waals surface area contributed by atoms with Crippen LogP contribution in [0.15, 0.2) is 41.5 Å². The van der Waals surface area contributed by atoms with E-state index in [1.807, 2.05) is 0 Å². The minimum Gasteiger partial charge on any atom is -0.472 e. The Labute approximate surface area is 144 Å². The van der Waals surface area contributed by atoms with Crippen LogP contribution in [0, 0.1) is 0 Å². The van der Waals surface area contributed by atoms with Gasteiger partial charge in [-0.3, -0.25) is 9.59 Å².